The van der Waals surface area contributed by atoms with Crippen molar-refractivity contribution in [3.8, 4) is 0 Å². The number of aryl methyl sites for hydroxylation is 1. The molecule has 1 aromatic rings. The Bertz CT molecular complexity index is 296. The van der Waals surface area contributed by atoms with E-state index in [2.05, 4.69) is 22.4 Å². The second-order valence-corrected chi connectivity index (χ2v) is 4.24. The quantitative estimate of drug-likeness (QED) is 0.782. The predicted molar refractivity (Wildman–Crippen MR) is 54.5 cm³/mol. The molecule has 1 N–H and O–H groups in total. The number of nitrogens with one attached hydrogen (secondary N) is 1. The number of halogens is 1. The number of hydrogen-bond acceptors (Lipinski definition) is 4. The molecule has 5 heteroatoms. The third-order valence-corrected chi connectivity index (χ3v) is 2.67. The first-order chi connectivity index (χ1) is 6.78. The van der Waals surface area contributed by atoms with E-state index in [9.17, 15) is 0 Å². The van der Waals surface area contributed by atoms with Gasteiger partial charge in [0.1, 0.15) is 0 Å². The van der Waals surface area contributed by atoms with Crippen LogP contribution in [0, 0.1) is 5.92 Å². The molecule has 1 heterocycles. The van der Waals surface area contributed by atoms with Crippen LogP contribution in [-0.2, 0) is 6.42 Å². The lowest BCUT2D eigenvalue weighted by atomic mass is 9.82. The molecular weight excluding hydrogens is 202 g/mol. The predicted octanol–water partition coefficient (Wildman–Crippen LogP) is 2.06. The van der Waals surface area contributed by atoms with Gasteiger partial charge in [-0.1, -0.05) is 12.0 Å². The molecule has 78 valence electrons. The van der Waals surface area contributed by atoms with Gasteiger partial charge in [0.15, 0.2) is 0 Å². The van der Waals surface area contributed by atoms with E-state index < -0.39 is 0 Å². The molecule has 0 radical (unpaired) electrons. The third kappa shape index (κ3) is 2.18. The van der Waals surface area contributed by atoms with Crippen LogP contribution in [0.15, 0.2) is 4.42 Å². The van der Waals surface area contributed by atoms with E-state index in [0.717, 1.165) is 5.92 Å². The van der Waals surface area contributed by atoms with Crippen LogP contribution in [0.4, 0.5) is 6.01 Å². The van der Waals surface area contributed by atoms with E-state index in [-0.39, 0.29) is 0 Å². The fourth-order valence-electron chi connectivity index (χ4n) is 1.69. The van der Waals surface area contributed by atoms with Crippen molar-refractivity contribution in [2.24, 2.45) is 5.92 Å². The molecule has 0 aromatic carbocycles. The summed E-state index contributed by atoms with van der Waals surface area (Å²) in [6, 6.07) is 1.04. The van der Waals surface area contributed by atoms with E-state index >= 15 is 0 Å². The van der Waals surface area contributed by atoms with Crippen LogP contribution >= 0.6 is 11.6 Å². The molecule has 1 aliphatic rings. The van der Waals surface area contributed by atoms with Gasteiger partial charge in [-0.3, -0.25) is 0 Å². The molecule has 0 aliphatic heterocycles. The van der Waals surface area contributed by atoms with Crippen molar-refractivity contribution in [3.63, 3.8) is 0 Å². The lowest BCUT2D eigenvalue weighted by Crippen LogP contribution is -2.33. The Hall–Kier alpha value is -0.770. The summed E-state index contributed by atoms with van der Waals surface area (Å²) in [5.74, 6) is 1.94. The zero-order valence-corrected chi connectivity index (χ0v) is 8.92. The van der Waals surface area contributed by atoms with Crippen molar-refractivity contribution >= 4 is 17.6 Å². The highest BCUT2D eigenvalue weighted by molar-refractivity contribution is 6.17. The Morgan fingerprint density at radius 2 is 2.29 bits per heavy atom. The Morgan fingerprint density at radius 3 is 2.93 bits per heavy atom. The molecule has 1 aromatic heterocycles. The molecule has 0 atom stereocenters. The lowest BCUT2D eigenvalue weighted by Gasteiger charge is -2.32. The van der Waals surface area contributed by atoms with E-state index in [1.54, 1.807) is 0 Å². The molecule has 0 unspecified atom stereocenters. The number of rotatable bonds is 4. The van der Waals surface area contributed by atoms with Crippen LogP contribution in [0.3, 0.4) is 0 Å². The molecule has 0 amide bonds. The fraction of sp³-hybridized carbons (Fsp3) is 0.778. The fourth-order valence-corrected chi connectivity index (χ4v) is 1.85. The molecule has 2 rings (SSSR count). The lowest BCUT2D eigenvalue weighted by molar-refractivity contribution is 0.303. The summed E-state index contributed by atoms with van der Waals surface area (Å²) in [7, 11) is 0. The van der Waals surface area contributed by atoms with Crippen LogP contribution in [0.25, 0.3) is 0 Å². The standard InChI is InChI=1S/C9H14ClN3O/c1-6-4-7(5-6)11-9-13-12-8(14-9)2-3-10/h6-7H,2-5H2,1H3,(H,11,13). The van der Waals surface area contributed by atoms with Crippen molar-refractivity contribution in [3.05, 3.63) is 5.89 Å². The molecule has 0 spiro atoms. The summed E-state index contributed by atoms with van der Waals surface area (Å²) < 4.78 is 5.35. The maximum atomic E-state index is 5.56. The van der Waals surface area contributed by atoms with Gasteiger partial charge < -0.3 is 9.73 Å². The highest BCUT2D eigenvalue weighted by atomic mass is 35.5. The highest BCUT2D eigenvalue weighted by Crippen LogP contribution is 2.28. The smallest absolute Gasteiger partial charge is 0.315 e. The van der Waals surface area contributed by atoms with Gasteiger partial charge in [0.25, 0.3) is 0 Å². The Balaban J connectivity index is 1.84. The molecule has 0 saturated heterocycles. The molecular formula is C9H14ClN3O. The molecule has 1 saturated carbocycles. The summed E-state index contributed by atoms with van der Waals surface area (Å²) in [5.41, 5.74) is 0. The van der Waals surface area contributed by atoms with E-state index in [1.165, 1.54) is 12.8 Å². The zero-order chi connectivity index (χ0) is 9.97. The van der Waals surface area contributed by atoms with E-state index in [1.807, 2.05) is 0 Å². The van der Waals surface area contributed by atoms with Gasteiger partial charge in [0.05, 0.1) is 0 Å². The van der Waals surface area contributed by atoms with Gasteiger partial charge in [0.2, 0.25) is 5.89 Å². The molecule has 4 nitrogen and oxygen atoms in total. The minimum absolute atomic E-state index is 0.509. The zero-order valence-electron chi connectivity index (χ0n) is 8.16. The van der Waals surface area contributed by atoms with Crippen molar-refractivity contribution in [2.75, 3.05) is 11.2 Å². The van der Waals surface area contributed by atoms with Crippen LogP contribution in [0.1, 0.15) is 25.7 Å². The van der Waals surface area contributed by atoms with Gasteiger partial charge in [-0.25, -0.2) is 0 Å². The maximum Gasteiger partial charge on any atom is 0.315 e. The number of aromatic nitrogens is 2. The van der Waals surface area contributed by atoms with Gasteiger partial charge >= 0.3 is 6.01 Å². The second-order valence-electron chi connectivity index (χ2n) is 3.86. The van der Waals surface area contributed by atoms with Crippen molar-refractivity contribution < 1.29 is 4.42 Å². The third-order valence-electron chi connectivity index (χ3n) is 2.48. The number of nitrogens with zero attached hydrogens (tertiary/aromatic N) is 2. The summed E-state index contributed by atoms with van der Waals surface area (Å²) in [6.07, 6.45) is 3.01. The van der Waals surface area contributed by atoms with Crippen molar-refractivity contribution in [1.29, 1.82) is 0 Å². The first kappa shape index (κ1) is 9.77. The first-order valence-corrected chi connectivity index (χ1v) is 5.46. The maximum absolute atomic E-state index is 5.56. The van der Waals surface area contributed by atoms with Gasteiger partial charge in [-0.2, -0.15) is 0 Å². The van der Waals surface area contributed by atoms with Gasteiger partial charge in [-0.15, -0.1) is 16.7 Å². The SMILES string of the molecule is CC1CC(Nc2nnc(CCCl)o2)C1. The van der Waals surface area contributed by atoms with E-state index in [0.29, 0.717) is 30.2 Å². The number of hydrogen-bond donors (Lipinski definition) is 1. The van der Waals surface area contributed by atoms with Crippen LogP contribution < -0.4 is 5.32 Å². The van der Waals surface area contributed by atoms with Crippen molar-refractivity contribution in [2.45, 2.75) is 32.2 Å². The van der Waals surface area contributed by atoms with Gasteiger partial charge in [-0.05, 0) is 18.8 Å². The normalized spacial score (nSPS) is 25.9. The largest absolute Gasteiger partial charge is 0.408 e. The summed E-state index contributed by atoms with van der Waals surface area (Å²) in [5, 5.41) is 11.0. The molecule has 1 fully saturated rings. The first-order valence-electron chi connectivity index (χ1n) is 4.93. The minimum atomic E-state index is 0.509. The van der Waals surface area contributed by atoms with Crippen LogP contribution in [0.2, 0.25) is 0 Å². The van der Waals surface area contributed by atoms with Gasteiger partial charge in [0, 0.05) is 18.3 Å². The minimum Gasteiger partial charge on any atom is -0.408 e. The monoisotopic (exact) mass is 215 g/mol. The van der Waals surface area contributed by atoms with Crippen LogP contribution in [-0.4, -0.2) is 22.1 Å². The summed E-state index contributed by atoms with van der Waals surface area (Å²) in [6.45, 7) is 2.24. The highest BCUT2D eigenvalue weighted by Gasteiger charge is 2.26. The topological polar surface area (TPSA) is 51.0 Å². The summed E-state index contributed by atoms with van der Waals surface area (Å²) in [4.78, 5) is 0. The Labute approximate surface area is 88.0 Å². The molecule has 14 heavy (non-hydrogen) atoms. The number of alkyl halides is 1. The molecule has 1 aliphatic carbocycles. The Kier molecular flexibility index (Phi) is 2.91. The van der Waals surface area contributed by atoms with Crippen LogP contribution in [0.5, 0.6) is 0 Å². The second kappa shape index (κ2) is 4.17. The van der Waals surface area contributed by atoms with Crippen molar-refractivity contribution in [1.82, 2.24) is 10.2 Å². The summed E-state index contributed by atoms with van der Waals surface area (Å²) >= 11 is 5.56. The Morgan fingerprint density at radius 1 is 1.50 bits per heavy atom. The molecule has 0 bridgehead atoms. The average molecular weight is 216 g/mol. The number of anilines is 1. The van der Waals surface area contributed by atoms with E-state index in [4.69, 9.17) is 16.0 Å². The average Bonchev–Trinajstić information content (AvgIpc) is 2.51.